The Kier molecular flexibility index (Phi) is 4.31. The smallest absolute Gasteiger partial charge is 0.271 e. The molecular weight excluding hydrogens is 398 g/mol. The average Bonchev–Trinajstić information content (AvgIpc) is 2.91. The summed E-state index contributed by atoms with van der Waals surface area (Å²) in [5.74, 6) is 0. The average molecular weight is 414 g/mol. The number of rotatable bonds is 2. The van der Waals surface area contributed by atoms with Gasteiger partial charge in [0.05, 0.1) is 4.53 Å². The molecule has 3 aromatic rings. The maximum absolute atomic E-state index is 12.8. The van der Waals surface area contributed by atoms with Gasteiger partial charge in [0.2, 0.25) is 0 Å². The fourth-order valence-electron chi connectivity index (χ4n) is 2.78. The highest BCUT2D eigenvalue weighted by atomic mass is 79.9. The second-order valence-electron chi connectivity index (χ2n) is 6.00. The Bertz CT molecular complexity index is 1100. The molecule has 126 valence electrons. The van der Waals surface area contributed by atoms with Crippen LogP contribution in [0.15, 0.2) is 62.8 Å². The summed E-state index contributed by atoms with van der Waals surface area (Å²) in [4.78, 5) is 20.3. The highest BCUT2D eigenvalue weighted by molar-refractivity contribution is 9.10. The molecule has 0 amide bonds. The molecule has 0 saturated carbocycles. The molecular formula is C19H16BrN3OS. The van der Waals surface area contributed by atoms with Crippen molar-refractivity contribution in [1.82, 2.24) is 4.57 Å². The molecule has 0 spiro atoms. The second kappa shape index (κ2) is 6.61. The first kappa shape index (κ1) is 16.3. The van der Waals surface area contributed by atoms with Crippen LogP contribution in [0.2, 0.25) is 0 Å². The van der Waals surface area contributed by atoms with Crippen molar-refractivity contribution in [3.63, 3.8) is 0 Å². The Hall–Kier alpha value is -2.18. The first-order valence-corrected chi connectivity index (χ1v) is 9.54. The minimum absolute atomic E-state index is 0.0144. The van der Waals surface area contributed by atoms with Gasteiger partial charge in [0.15, 0.2) is 4.80 Å². The lowest BCUT2D eigenvalue weighted by atomic mass is 10.2. The summed E-state index contributed by atoms with van der Waals surface area (Å²) in [5.41, 5.74) is 3.31. The molecule has 0 radical (unpaired) electrons. The van der Waals surface area contributed by atoms with Gasteiger partial charge in [-0.1, -0.05) is 57.1 Å². The Morgan fingerprint density at radius 2 is 2.00 bits per heavy atom. The number of thiazole rings is 1. The molecule has 0 atom stereocenters. The van der Waals surface area contributed by atoms with Crippen LogP contribution in [0.5, 0.6) is 0 Å². The molecule has 0 N–H and O–H groups in total. The van der Waals surface area contributed by atoms with Crippen LogP contribution in [0.25, 0.3) is 6.08 Å². The van der Waals surface area contributed by atoms with Gasteiger partial charge in [-0.3, -0.25) is 9.36 Å². The zero-order chi connectivity index (χ0) is 17.4. The molecule has 0 fully saturated rings. The van der Waals surface area contributed by atoms with Gasteiger partial charge < -0.3 is 4.90 Å². The van der Waals surface area contributed by atoms with Crippen molar-refractivity contribution < 1.29 is 0 Å². The molecule has 4 rings (SSSR count). The van der Waals surface area contributed by atoms with Crippen molar-refractivity contribution in [3.8, 4) is 0 Å². The molecule has 1 aromatic heterocycles. The standard InChI is InChI=1S/C19H16BrN3OS/c1-13-5-7-16(8-6-13)22-11-21-19-23(12-22)18(24)17(25-19)10-14-3-2-4-15(20)9-14/h2-10H,11-12H2,1H3. The van der Waals surface area contributed by atoms with Gasteiger partial charge in [-0.2, -0.15) is 0 Å². The summed E-state index contributed by atoms with van der Waals surface area (Å²) in [6.45, 7) is 3.17. The molecule has 0 bridgehead atoms. The van der Waals surface area contributed by atoms with Gasteiger partial charge in [-0.25, -0.2) is 4.99 Å². The van der Waals surface area contributed by atoms with Crippen LogP contribution in [0.1, 0.15) is 11.1 Å². The SMILES string of the molecule is Cc1ccc(N2CN=c3sc(=Cc4cccc(Br)c4)c(=O)n3C2)cc1. The van der Waals surface area contributed by atoms with Gasteiger partial charge >= 0.3 is 0 Å². The van der Waals surface area contributed by atoms with Crippen LogP contribution in [0.3, 0.4) is 0 Å². The van der Waals surface area contributed by atoms with Gasteiger partial charge in [0.25, 0.3) is 5.56 Å². The van der Waals surface area contributed by atoms with E-state index in [2.05, 4.69) is 57.0 Å². The Morgan fingerprint density at radius 3 is 2.76 bits per heavy atom. The third-order valence-electron chi connectivity index (χ3n) is 4.12. The number of hydrogen-bond acceptors (Lipinski definition) is 4. The van der Waals surface area contributed by atoms with E-state index in [4.69, 9.17) is 0 Å². The van der Waals surface area contributed by atoms with E-state index in [0.29, 0.717) is 17.9 Å². The van der Waals surface area contributed by atoms with Crippen LogP contribution in [0, 0.1) is 6.92 Å². The zero-order valence-electron chi connectivity index (χ0n) is 13.6. The Morgan fingerprint density at radius 1 is 1.20 bits per heavy atom. The number of anilines is 1. The molecule has 1 aliphatic heterocycles. The fourth-order valence-corrected chi connectivity index (χ4v) is 4.16. The lowest BCUT2D eigenvalue weighted by Crippen LogP contribution is -2.42. The minimum Gasteiger partial charge on any atom is -0.334 e. The second-order valence-corrected chi connectivity index (χ2v) is 7.92. The summed E-state index contributed by atoms with van der Waals surface area (Å²) >= 11 is 4.91. The van der Waals surface area contributed by atoms with Gasteiger partial charge in [-0.05, 0) is 42.8 Å². The van der Waals surface area contributed by atoms with Crippen LogP contribution < -0.4 is 19.8 Å². The van der Waals surface area contributed by atoms with E-state index < -0.39 is 0 Å². The van der Waals surface area contributed by atoms with Gasteiger partial charge in [-0.15, -0.1) is 0 Å². The summed E-state index contributed by atoms with van der Waals surface area (Å²) in [7, 11) is 0. The number of aromatic nitrogens is 1. The predicted molar refractivity (Wildman–Crippen MR) is 106 cm³/mol. The minimum atomic E-state index is 0.0144. The van der Waals surface area contributed by atoms with Gasteiger partial charge in [0.1, 0.15) is 13.3 Å². The number of benzene rings is 2. The normalized spacial score (nSPS) is 14.3. The molecule has 4 nitrogen and oxygen atoms in total. The zero-order valence-corrected chi connectivity index (χ0v) is 16.0. The van der Waals surface area contributed by atoms with E-state index in [0.717, 1.165) is 20.5 Å². The molecule has 2 aromatic carbocycles. The number of nitrogens with zero attached hydrogens (tertiary/aromatic N) is 3. The third kappa shape index (κ3) is 3.32. The molecule has 0 aliphatic carbocycles. The van der Waals surface area contributed by atoms with E-state index in [1.165, 1.54) is 16.9 Å². The van der Waals surface area contributed by atoms with E-state index in [9.17, 15) is 4.79 Å². The van der Waals surface area contributed by atoms with Crippen molar-refractivity contribution in [3.05, 3.63) is 83.8 Å². The number of fused-ring (bicyclic) bond motifs is 1. The Labute approximate surface area is 157 Å². The van der Waals surface area contributed by atoms with E-state index >= 15 is 0 Å². The predicted octanol–water partition coefficient (Wildman–Crippen LogP) is 2.86. The largest absolute Gasteiger partial charge is 0.334 e. The summed E-state index contributed by atoms with van der Waals surface area (Å²) in [6, 6.07) is 16.2. The molecule has 1 aliphatic rings. The van der Waals surface area contributed by atoms with Crippen LogP contribution in [-0.2, 0) is 6.67 Å². The van der Waals surface area contributed by atoms with E-state index in [1.54, 1.807) is 4.57 Å². The maximum atomic E-state index is 12.8. The summed E-state index contributed by atoms with van der Waals surface area (Å²) in [6.07, 6.45) is 1.93. The number of aryl methyl sites for hydroxylation is 1. The first-order chi connectivity index (χ1) is 12.1. The summed E-state index contributed by atoms with van der Waals surface area (Å²) in [5, 5.41) is 0. The fraction of sp³-hybridized carbons (Fsp3) is 0.158. The van der Waals surface area contributed by atoms with Crippen LogP contribution in [0.4, 0.5) is 5.69 Å². The number of halogens is 1. The molecule has 6 heteroatoms. The van der Waals surface area contributed by atoms with Crippen molar-refractivity contribution in [1.29, 1.82) is 0 Å². The lowest BCUT2D eigenvalue weighted by molar-refractivity contribution is 0.569. The Balaban J connectivity index is 1.71. The van der Waals surface area contributed by atoms with Crippen molar-refractivity contribution in [2.24, 2.45) is 4.99 Å². The lowest BCUT2D eigenvalue weighted by Gasteiger charge is -2.25. The summed E-state index contributed by atoms with van der Waals surface area (Å²) < 4.78 is 3.46. The van der Waals surface area contributed by atoms with Gasteiger partial charge in [0, 0.05) is 10.2 Å². The molecule has 25 heavy (non-hydrogen) atoms. The van der Waals surface area contributed by atoms with Crippen molar-refractivity contribution in [2.75, 3.05) is 11.6 Å². The molecule has 2 heterocycles. The highest BCUT2D eigenvalue weighted by Crippen LogP contribution is 2.16. The third-order valence-corrected chi connectivity index (χ3v) is 5.66. The highest BCUT2D eigenvalue weighted by Gasteiger charge is 2.15. The quantitative estimate of drug-likeness (QED) is 0.647. The van der Waals surface area contributed by atoms with Crippen LogP contribution >= 0.6 is 27.3 Å². The van der Waals surface area contributed by atoms with Crippen molar-refractivity contribution >= 4 is 39.0 Å². The number of hydrogen-bond donors (Lipinski definition) is 0. The topological polar surface area (TPSA) is 37.6 Å². The molecule has 0 unspecified atom stereocenters. The van der Waals surface area contributed by atoms with Crippen molar-refractivity contribution in [2.45, 2.75) is 13.6 Å². The first-order valence-electron chi connectivity index (χ1n) is 7.93. The van der Waals surface area contributed by atoms with E-state index in [1.807, 2.05) is 30.3 Å². The van der Waals surface area contributed by atoms with Crippen LogP contribution in [-0.4, -0.2) is 11.2 Å². The van der Waals surface area contributed by atoms with E-state index in [-0.39, 0.29) is 5.56 Å². The monoisotopic (exact) mass is 413 g/mol. The maximum Gasteiger partial charge on any atom is 0.271 e. The molecule has 0 saturated heterocycles.